The minimum atomic E-state index is 0.381. The van der Waals surface area contributed by atoms with Crippen molar-refractivity contribution in [2.45, 2.75) is 33.1 Å². The number of aliphatic hydroxyl groups is 1. The molecule has 136 valence electrons. The number of hydrogen-bond donors (Lipinski definition) is 1. The summed E-state index contributed by atoms with van der Waals surface area (Å²) in [5, 5.41) is 10.0. The molecule has 0 saturated carbocycles. The first-order valence-electron chi connectivity index (χ1n) is 9.49. The molecule has 26 heavy (non-hydrogen) atoms. The summed E-state index contributed by atoms with van der Waals surface area (Å²) in [4.78, 5) is 0. The lowest BCUT2D eigenvalue weighted by Crippen LogP contribution is -2.17. The van der Waals surface area contributed by atoms with Crippen LogP contribution in [0, 0.1) is 19.8 Å². The highest BCUT2D eigenvalue weighted by molar-refractivity contribution is 5.99. The molecule has 0 aromatic heterocycles. The van der Waals surface area contributed by atoms with Crippen molar-refractivity contribution < 1.29 is 14.6 Å². The van der Waals surface area contributed by atoms with E-state index in [1.807, 2.05) is 18.2 Å². The molecule has 0 unspecified atom stereocenters. The van der Waals surface area contributed by atoms with E-state index in [-0.39, 0.29) is 0 Å². The van der Waals surface area contributed by atoms with Crippen LogP contribution in [-0.4, -0.2) is 24.9 Å². The second kappa shape index (κ2) is 7.16. The predicted molar refractivity (Wildman–Crippen MR) is 106 cm³/mol. The highest BCUT2D eigenvalue weighted by Gasteiger charge is 2.22. The van der Waals surface area contributed by atoms with Gasteiger partial charge in [-0.1, -0.05) is 18.2 Å². The van der Waals surface area contributed by atoms with E-state index in [4.69, 9.17) is 9.47 Å². The average Bonchev–Trinajstić information content (AvgIpc) is 2.61. The van der Waals surface area contributed by atoms with Gasteiger partial charge in [0.1, 0.15) is 11.5 Å². The molecule has 2 aromatic carbocycles. The molecule has 1 aliphatic carbocycles. The first kappa shape index (κ1) is 17.2. The van der Waals surface area contributed by atoms with Gasteiger partial charge < -0.3 is 14.6 Å². The topological polar surface area (TPSA) is 38.7 Å². The highest BCUT2D eigenvalue weighted by atomic mass is 16.5. The van der Waals surface area contributed by atoms with Crippen LogP contribution >= 0.6 is 0 Å². The molecule has 3 nitrogen and oxygen atoms in total. The number of aryl methyl sites for hydroxylation is 2. The Labute approximate surface area is 155 Å². The number of rotatable bonds is 5. The molecule has 3 heteroatoms. The summed E-state index contributed by atoms with van der Waals surface area (Å²) >= 11 is 0. The van der Waals surface area contributed by atoms with Crippen molar-refractivity contribution in [3.8, 4) is 16.9 Å². The molecule has 0 atom stereocenters. The van der Waals surface area contributed by atoms with E-state index in [1.165, 1.54) is 16.7 Å². The van der Waals surface area contributed by atoms with Crippen LogP contribution in [0.1, 0.15) is 41.5 Å². The van der Waals surface area contributed by atoms with E-state index >= 15 is 0 Å². The van der Waals surface area contributed by atoms with Crippen molar-refractivity contribution in [1.82, 2.24) is 0 Å². The summed E-state index contributed by atoms with van der Waals surface area (Å²) in [6.45, 7) is 6.77. The second-order valence-electron chi connectivity index (χ2n) is 7.42. The zero-order valence-electron chi connectivity index (χ0n) is 15.5. The minimum Gasteiger partial charge on any atom is -0.507 e. The Balaban J connectivity index is 1.50. The first-order chi connectivity index (χ1) is 12.6. The van der Waals surface area contributed by atoms with Gasteiger partial charge in [0, 0.05) is 18.8 Å². The van der Waals surface area contributed by atoms with Crippen molar-refractivity contribution >= 4 is 11.8 Å². The molecule has 0 radical (unpaired) electrons. The molecule has 1 saturated heterocycles. The highest BCUT2D eigenvalue weighted by Crippen LogP contribution is 2.41. The summed E-state index contributed by atoms with van der Waals surface area (Å²) in [5.41, 5.74) is 6.73. The molecule has 1 aliphatic heterocycles. The van der Waals surface area contributed by atoms with Gasteiger partial charge in [0.25, 0.3) is 0 Å². The van der Waals surface area contributed by atoms with Crippen molar-refractivity contribution in [2.75, 3.05) is 19.8 Å². The third-order valence-corrected chi connectivity index (χ3v) is 5.56. The third kappa shape index (κ3) is 3.24. The fraction of sp³-hybridized carbons (Fsp3) is 0.391. The Kier molecular flexibility index (Phi) is 4.73. The molecule has 1 N–H and O–H groups in total. The summed E-state index contributed by atoms with van der Waals surface area (Å²) in [7, 11) is 0. The Bertz CT molecular complexity index is 822. The number of ether oxygens (including phenoxy) is 2. The number of benzene rings is 2. The van der Waals surface area contributed by atoms with E-state index < -0.39 is 0 Å². The Morgan fingerprint density at radius 2 is 1.81 bits per heavy atom. The van der Waals surface area contributed by atoms with Crippen LogP contribution in [0.4, 0.5) is 0 Å². The normalized spacial score (nSPS) is 16.6. The SMILES string of the molecule is Cc1cc(OCCC2CCOCC2)cc(C)c1-c1cccc2c1C(O)=C2. The maximum absolute atomic E-state index is 10.0. The smallest absolute Gasteiger partial charge is 0.124 e. The molecule has 1 heterocycles. The number of aliphatic hydroxyl groups excluding tert-OH is 1. The quantitative estimate of drug-likeness (QED) is 0.770. The van der Waals surface area contributed by atoms with Gasteiger partial charge >= 0.3 is 0 Å². The molecular formula is C23H26O3. The van der Waals surface area contributed by atoms with Crippen molar-refractivity contribution in [3.05, 3.63) is 52.6 Å². The van der Waals surface area contributed by atoms with E-state index in [0.29, 0.717) is 5.76 Å². The minimum absolute atomic E-state index is 0.381. The summed E-state index contributed by atoms with van der Waals surface area (Å²) in [5.74, 6) is 2.04. The van der Waals surface area contributed by atoms with Gasteiger partial charge in [0.15, 0.2) is 0 Å². The van der Waals surface area contributed by atoms with E-state index in [2.05, 4.69) is 32.0 Å². The van der Waals surface area contributed by atoms with Crippen LogP contribution in [-0.2, 0) is 4.74 Å². The fourth-order valence-electron chi connectivity index (χ4n) is 4.14. The lowest BCUT2D eigenvalue weighted by molar-refractivity contribution is 0.0593. The van der Waals surface area contributed by atoms with Crippen LogP contribution in [0.5, 0.6) is 5.75 Å². The Morgan fingerprint density at radius 3 is 2.50 bits per heavy atom. The third-order valence-electron chi connectivity index (χ3n) is 5.56. The molecule has 0 amide bonds. The van der Waals surface area contributed by atoms with Gasteiger partial charge in [0.2, 0.25) is 0 Å². The van der Waals surface area contributed by atoms with Gasteiger partial charge in [0.05, 0.1) is 6.61 Å². The maximum Gasteiger partial charge on any atom is 0.124 e. The fourth-order valence-corrected chi connectivity index (χ4v) is 4.14. The second-order valence-corrected chi connectivity index (χ2v) is 7.42. The Hall–Kier alpha value is -2.26. The standard InChI is InChI=1S/C23H26O3/c1-15-12-19(26-11-8-17-6-9-25-10-7-17)13-16(2)22(15)20-5-3-4-18-14-21(24)23(18)20/h3-5,12-14,17,24H,6-11H2,1-2H3. The van der Waals surface area contributed by atoms with Crippen LogP contribution in [0.2, 0.25) is 0 Å². The van der Waals surface area contributed by atoms with Crippen LogP contribution < -0.4 is 4.74 Å². The van der Waals surface area contributed by atoms with Crippen molar-refractivity contribution in [1.29, 1.82) is 0 Å². The zero-order chi connectivity index (χ0) is 18.1. The van der Waals surface area contributed by atoms with Gasteiger partial charge in [-0.05, 0) is 85.1 Å². The van der Waals surface area contributed by atoms with Crippen LogP contribution in [0.15, 0.2) is 30.3 Å². The monoisotopic (exact) mass is 350 g/mol. The van der Waals surface area contributed by atoms with Crippen LogP contribution in [0.25, 0.3) is 23.0 Å². The molecule has 4 rings (SSSR count). The summed E-state index contributed by atoms with van der Waals surface area (Å²) in [6, 6.07) is 10.4. The van der Waals surface area contributed by atoms with Gasteiger partial charge in [-0.15, -0.1) is 0 Å². The Morgan fingerprint density at radius 1 is 1.08 bits per heavy atom. The average molecular weight is 350 g/mol. The van der Waals surface area contributed by atoms with Crippen LogP contribution in [0.3, 0.4) is 0 Å². The molecule has 2 aromatic rings. The molecular weight excluding hydrogens is 324 g/mol. The zero-order valence-corrected chi connectivity index (χ0v) is 15.5. The van der Waals surface area contributed by atoms with Gasteiger partial charge in [-0.25, -0.2) is 0 Å². The predicted octanol–water partition coefficient (Wildman–Crippen LogP) is 5.54. The molecule has 0 bridgehead atoms. The maximum atomic E-state index is 10.0. The number of hydrogen-bond acceptors (Lipinski definition) is 3. The van der Waals surface area contributed by atoms with E-state index in [1.54, 1.807) is 0 Å². The van der Waals surface area contributed by atoms with E-state index in [9.17, 15) is 5.11 Å². The summed E-state index contributed by atoms with van der Waals surface area (Å²) in [6.07, 6.45) is 5.21. The molecule has 2 aliphatic rings. The first-order valence-corrected chi connectivity index (χ1v) is 9.49. The largest absolute Gasteiger partial charge is 0.507 e. The van der Waals surface area contributed by atoms with Gasteiger partial charge in [-0.2, -0.15) is 0 Å². The van der Waals surface area contributed by atoms with E-state index in [0.717, 1.165) is 67.4 Å². The molecule has 0 spiro atoms. The van der Waals surface area contributed by atoms with Crippen molar-refractivity contribution in [2.24, 2.45) is 5.92 Å². The molecule has 1 fully saturated rings. The lowest BCUT2D eigenvalue weighted by atomic mass is 9.84. The van der Waals surface area contributed by atoms with Gasteiger partial charge in [-0.3, -0.25) is 0 Å². The lowest BCUT2D eigenvalue weighted by Gasteiger charge is -2.23. The summed E-state index contributed by atoms with van der Waals surface area (Å²) < 4.78 is 11.5. The van der Waals surface area contributed by atoms with Crippen molar-refractivity contribution in [3.63, 3.8) is 0 Å². The number of fused-ring (bicyclic) bond motifs is 1.